The molecule has 77 heavy (non-hydrogen) atoms. The van der Waals surface area contributed by atoms with Crippen LogP contribution < -0.4 is 9.80 Å². The highest BCUT2D eigenvalue weighted by Gasteiger charge is 2.46. The second-order valence-electron chi connectivity index (χ2n) is 20.0. The second kappa shape index (κ2) is 19.4. The largest absolute Gasteiger partial charge is 0.310 e. The quantitative estimate of drug-likeness (QED) is 0.127. The van der Waals surface area contributed by atoms with Gasteiger partial charge in [0.15, 0.2) is 0 Å². The molecule has 0 heterocycles. The molecule has 2 nitrogen and oxygen atoms in total. The van der Waals surface area contributed by atoms with Gasteiger partial charge in [-0.25, -0.2) is 0 Å². The Balaban J connectivity index is 1.12. The van der Waals surface area contributed by atoms with Gasteiger partial charge in [0, 0.05) is 34.0 Å². The third-order valence-corrected chi connectivity index (χ3v) is 15.7. The molecular weight excluding hydrogens is 929 g/mol. The molecule has 0 saturated heterocycles. The van der Waals surface area contributed by atoms with Crippen molar-refractivity contribution in [2.45, 2.75) is 5.41 Å². The Hall–Kier alpha value is -10.0. The fourth-order valence-corrected chi connectivity index (χ4v) is 12.4. The zero-order valence-electron chi connectivity index (χ0n) is 42.4. The van der Waals surface area contributed by atoms with Gasteiger partial charge in [-0.15, -0.1) is 0 Å². The van der Waals surface area contributed by atoms with Gasteiger partial charge in [0.05, 0.1) is 11.1 Å². The Morgan fingerprint density at radius 3 is 1.27 bits per heavy atom. The molecule has 0 amide bonds. The van der Waals surface area contributed by atoms with Crippen molar-refractivity contribution in [1.29, 1.82) is 0 Å². The Kier molecular flexibility index (Phi) is 11.5. The topological polar surface area (TPSA) is 6.48 Å². The highest BCUT2D eigenvalue weighted by Crippen LogP contribution is 2.58. The zero-order valence-corrected chi connectivity index (χ0v) is 42.4. The average molecular weight is 981 g/mol. The molecule has 0 unspecified atom stereocenters. The van der Waals surface area contributed by atoms with E-state index in [4.69, 9.17) is 0 Å². The standard InChI is InChI=1S/C75H52N2/c1-7-27-55(28-8-1)73-65-39-21-19-25-53(65)43-46-67(73)57-49-63(76(60-35-15-5-16-36-60)61-37-17-6-18-38-61)51-64(50-57)77(72-48-44-54-26-20-22-40-66(54)74(72)56-29-9-2-10-30-56)62-45-47-69-68-41-23-24-42-70(68)75(71(69)52-62,58-31-11-3-12-32-58)59-33-13-4-14-34-59/h1-52H. The summed E-state index contributed by atoms with van der Waals surface area (Å²) < 4.78 is 0. The van der Waals surface area contributed by atoms with Crippen molar-refractivity contribution in [2.75, 3.05) is 9.80 Å². The lowest BCUT2D eigenvalue weighted by molar-refractivity contribution is 0.768. The summed E-state index contributed by atoms with van der Waals surface area (Å²) in [6.45, 7) is 0. The van der Waals surface area contributed by atoms with Crippen LogP contribution in [0.5, 0.6) is 0 Å². The van der Waals surface area contributed by atoms with Gasteiger partial charge >= 0.3 is 0 Å². The van der Waals surface area contributed by atoms with Crippen molar-refractivity contribution >= 4 is 55.7 Å². The number of anilines is 6. The van der Waals surface area contributed by atoms with Crippen LogP contribution in [0.1, 0.15) is 22.3 Å². The van der Waals surface area contributed by atoms with Crippen LogP contribution in [0.4, 0.5) is 34.1 Å². The Morgan fingerprint density at radius 1 is 0.234 bits per heavy atom. The first-order valence-electron chi connectivity index (χ1n) is 26.6. The Morgan fingerprint density at radius 2 is 0.675 bits per heavy atom. The molecule has 13 aromatic rings. The van der Waals surface area contributed by atoms with Crippen molar-refractivity contribution in [2.24, 2.45) is 0 Å². The van der Waals surface area contributed by atoms with E-state index in [0.29, 0.717) is 0 Å². The zero-order chi connectivity index (χ0) is 51.1. The summed E-state index contributed by atoms with van der Waals surface area (Å²) in [7, 11) is 0. The highest BCUT2D eigenvalue weighted by molar-refractivity contribution is 6.08. The first-order chi connectivity index (χ1) is 38.2. The molecule has 1 aliphatic rings. The molecule has 362 valence electrons. The fourth-order valence-electron chi connectivity index (χ4n) is 12.4. The van der Waals surface area contributed by atoms with E-state index in [1.165, 1.54) is 66.1 Å². The second-order valence-corrected chi connectivity index (χ2v) is 20.0. The van der Waals surface area contributed by atoms with Crippen molar-refractivity contribution in [3.8, 4) is 44.5 Å². The lowest BCUT2D eigenvalue weighted by Crippen LogP contribution is -2.28. The normalized spacial score (nSPS) is 12.3. The number of para-hydroxylation sites is 2. The third kappa shape index (κ3) is 7.81. The summed E-state index contributed by atoms with van der Waals surface area (Å²) in [6.07, 6.45) is 0. The molecule has 0 fully saturated rings. The maximum absolute atomic E-state index is 2.54. The summed E-state index contributed by atoms with van der Waals surface area (Å²) in [6, 6.07) is 116. The third-order valence-electron chi connectivity index (χ3n) is 15.7. The predicted molar refractivity (Wildman–Crippen MR) is 324 cm³/mol. The number of fused-ring (bicyclic) bond motifs is 5. The van der Waals surface area contributed by atoms with Gasteiger partial charge in [-0.3, -0.25) is 0 Å². The molecule has 0 bridgehead atoms. The highest BCUT2D eigenvalue weighted by atomic mass is 15.2. The molecule has 0 aliphatic heterocycles. The molecule has 0 atom stereocenters. The number of benzene rings is 13. The minimum Gasteiger partial charge on any atom is -0.310 e. The van der Waals surface area contributed by atoms with Crippen molar-refractivity contribution in [3.05, 3.63) is 338 Å². The first-order valence-corrected chi connectivity index (χ1v) is 26.6. The predicted octanol–water partition coefficient (Wildman–Crippen LogP) is 20.3. The molecule has 2 heteroatoms. The number of nitrogens with zero attached hydrogens (tertiary/aromatic N) is 2. The molecule has 0 N–H and O–H groups in total. The van der Waals surface area contributed by atoms with Crippen molar-refractivity contribution < 1.29 is 0 Å². The van der Waals surface area contributed by atoms with E-state index < -0.39 is 5.41 Å². The van der Waals surface area contributed by atoms with Crippen LogP contribution in [-0.4, -0.2) is 0 Å². The minimum absolute atomic E-state index is 0.609. The van der Waals surface area contributed by atoms with Gasteiger partial charge in [0.25, 0.3) is 0 Å². The molecule has 0 aromatic heterocycles. The van der Waals surface area contributed by atoms with E-state index in [9.17, 15) is 0 Å². The lowest BCUT2D eigenvalue weighted by Gasteiger charge is -2.35. The van der Waals surface area contributed by atoms with Gasteiger partial charge in [-0.05, 0) is 143 Å². The van der Waals surface area contributed by atoms with E-state index in [1.54, 1.807) is 0 Å². The van der Waals surface area contributed by atoms with E-state index >= 15 is 0 Å². The summed E-state index contributed by atoms with van der Waals surface area (Å²) >= 11 is 0. The number of hydrogen-bond acceptors (Lipinski definition) is 2. The molecule has 13 aromatic carbocycles. The van der Waals surface area contributed by atoms with E-state index in [2.05, 4.69) is 325 Å². The van der Waals surface area contributed by atoms with Crippen LogP contribution in [0.3, 0.4) is 0 Å². The average Bonchev–Trinajstić information content (AvgIpc) is 4.01. The van der Waals surface area contributed by atoms with Gasteiger partial charge in [-0.2, -0.15) is 0 Å². The van der Waals surface area contributed by atoms with E-state index in [-0.39, 0.29) is 0 Å². The monoisotopic (exact) mass is 980 g/mol. The summed E-state index contributed by atoms with van der Waals surface area (Å²) in [5.41, 5.74) is 20.1. The molecule has 1 aliphatic carbocycles. The molecule has 0 spiro atoms. The number of rotatable bonds is 11. The molecule has 0 radical (unpaired) electrons. The van der Waals surface area contributed by atoms with Crippen molar-refractivity contribution in [1.82, 2.24) is 0 Å². The maximum atomic E-state index is 2.54. The van der Waals surface area contributed by atoms with Gasteiger partial charge in [0.2, 0.25) is 0 Å². The van der Waals surface area contributed by atoms with E-state index in [1.807, 2.05) is 0 Å². The fraction of sp³-hybridized carbons (Fsp3) is 0.0133. The molecular formula is C75H52N2. The Bertz CT molecular complexity index is 4170. The first kappa shape index (κ1) is 45.6. The van der Waals surface area contributed by atoms with Crippen LogP contribution in [0.2, 0.25) is 0 Å². The smallest absolute Gasteiger partial charge is 0.0714 e. The molecule has 0 saturated carbocycles. The lowest BCUT2D eigenvalue weighted by atomic mass is 9.67. The van der Waals surface area contributed by atoms with Gasteiger partial charge in [-0.1, -0.05) is 255 Å². The summed E-state index contributed by atoms with van der Waals surface area (Å²) in [4.78, 5) is 4.95. The van der Waals surface area contributed by atoms with Crippen LogP contribution in [0.15, 0.2) is 315 Å². The molecule has 14 rings (SSSR count). The maximum Gasteiger partial charge on any atom is 0.0714 e. The SMILES string of the molecule is c1ccc(-c2c(-c3cc(N(c4ccccc4)c4ccccc4)cc(N(c4ccc5c(c4)C(c4ccccc4)(c4ccccc4)c4ccccc4-5)c4ccc5ccccc5c4-c4ccccc4)c3)ccc3ccccc23)cc1. The Labute approximate surface area is 450 Å². The van der Waals surface area contributed by atoms with Crippen LogP contribution >= 0.6 is 0 Å². The minimum atomic E-state index is -0.609. The van der Waals surface area contributed by atoms with E-state index in [0.717, 1.165) is 56.4 Å². The van der Waals surface area contributed by atoms with Gasteiger partial charge < -0.3 is 9.80 Å². The van der Waals surface area contributed by atoms with Crippen LogP contribution in [0.25, 0.3) is 66.1 Å². The summed E-state index contributed by atoms with van der Waals surface area (Å²) in [5.74, 6) is 0. The number of hydrogen-bond donors (Lipinski definition) is 0. The van der Waals surface area contributed by atoms with Crippen molar-refractivity contribution in [3.63, 3.8) is 0 Å². The summed E-state index contributed by atoms with van der Waals surface area (Å²) in [5, 5.41) is 4.78. The van der Waals surface area contributed by atoms with Crippen LogP contribution in [-0.2, 0) is 5.41 Å². The van der Waals surface area contributed by atoms with Gasteiger partial charge in [0.1, 0.15) is 0 Å². The van der Waals surface area contributed by atoms with Crippen LogP contribution in [0, 0.1) is 0 Å².